The number of benzene rings is 1. The summed E-state index contributed by atoms with van der Waals surface area (Å²) in [6.45, 7) is 3.21. The second kappa shape index (κ2) is 6.79. The molecular weight excluding hydrogens is 373 g/mol. The number of amides is 1. The highest BCUT2D eigenvalue weighted by Crippen LogP contribution is 2.53. The second-order valence-corrected chi connectivity index (χ2v) is 7.68. The van der Waals surface area contributed by atoms with E-state index < -0.39 is 17.8 Å². The molecule has 2 aliphatic rings. The Morgan fingerprint density at radius 1 is 1.21 bits per heavy atom. The second-order valence-electron chi connectivity index (χ2n) is 7.68. The molecule has 1 spiro atoms. The largest absolute Gasteiger partial charge is 0.416 e. The van der Waals surface area contributed by atoms with Gasteiger partial charge in [-0.15, -0.1) is 5.10 Å². The lowest BCUT2D eigenvalue weighted by Crippen LogP contribution is -2.45. The van der Waals surface area contributed by atoms with E-state index in [4.69, 9.17) is 4.42 Å². The SMILES string of the molecule is CC(Nc1nnc(-c2cccc(C(F)(F)F)c2)o1)C(=O)N1CCC2(CC1)CC2. The predicted molar refractivity (Wildman–Crippen MR) is 95.3 cm³/mol. The van der Waals surface area contributed by atoms with Crippen molar-refractivity contribution in [1.29, 1.82) is 0 Å². The number of hydrogen-bond donors (Lipinski definition) is 1. The summed E-state index contributed by atoms with van der Waals surface area (Å²) in [6, 6.07) is 4.11. The van der Waals surface area contributed by atoms with E-state index in [1.165, 1.54) is 25.0 Å². The van der Waals surface area contributed by atoms with Crippen LogP contribution in [0.5, 0.6) is 0 Å². The topological polar surface area (TPSA) is 71.3 Å². The Bertz CT molecular complexity index is 866. The van der Waals surface area contributed by atoms with E-state index in [0.717, 1.165) is 38.1 Å². The summed E-state index contributed by atoms with van der Waals surface area (Å²) in [5, 5.41) is 10.5. The number of halogens is 3. The summed E-state index contributed by atoms with van der Waals surface area (Å²) in [5.41, 5.74) is -0.139. The van der Waals surface area contributed by atoms with Crippen molar-refractivity contribution in [2.75, 3.05) is 18.4 Å². The minimum absolute atomic E-state index is 0.00364. The van der Waals surface area contributed by atoms with Gasteiger partial charge in [0.25, 0.3) is 0 Å². The third kappa shape index (κ3) is 3.83. The van der Waals surface area contributed by atoms with Gasteiger partial charge in [0.15, 0.2) is 0 Å². The number of carbonyl (C=O) groups is 1. The Labute approximate surface area is 160 Å². The van der Waals surface area contributed by atoms with Crippen LogP contribution in [0.1, 0.15) is 38.2 Å². The minimum atomic E-state index is -4.45. The van der Waals surface area contributed by atoms with Crippen molar-refractivity contribution in [2.45, 2.75) is 44.8 Å². The molecule has 2 aromatic rings. The molecule has 1 aromatic heterocycles. The Balaban J connectivity index is 1.40. The fourth-order valence-electron chi connectivity index (χ4n) is 3.63. The van der Waals surface area contributed by atoms with Crippen molar-refractivity contribution >= 4 is 11.9 Å². The summed E-state index contributed by atoms with van der Waals surface area (Å²) in [4.78, 5) is 14.5. The first-order valence-corrected chi connectivity index (χ1v) is 9.32. The zero-order chi connectivity index (χ0) is 19.9. The van der Waals surface area contributed by atoms with Crippen LogP contribution >= 0.6 is 0 Å². The smallest absolute Gasteiger partial charge is 0.403 e. The normalized spacial score (nSPS) is 19.5. The van der Waals surface area contributed by atoms with E-state index in [0.29, 0.717) is 5.41 Å². The monoisotopic (exact) mass is 394 g/mol. The van der Waals surface area contributed by atoms with Crippen LogP contribution in [-0.2, 0) is 11.0 Å². The maximum Gasteiger partial charge on any atom is 0.416 e. The van der Waals surface area contributed by atoms with Crippen LogP contribution in [0.25, 0.3) is 11.5 Å². The van der Waals surface area contributed by atoms with Crippen LogP contribution in [0.2, 0.25) is 0 Å². The van der Waals surface area contributed by atoms with E-state index in [-0.39, 0.29) is 23.4 Å². The van der Waals surface area contributed by atoms with Crippen LogP contribution < -0.4 is 5.32 Å². The molecule has 1 saturated carbocycles. The summed E-state index contributed by atoms with van der Waals surface area (Å²) < 4.78 is 44.0. The molecule has 1 aromatic carbocycles. The van der Waals surface area contributed by atoms with Gasteiger partial charge in [-0.1, -0.05) is 11.2 Å². The zero-order valence-corrected chi connectivity index (χ0v) is 15.4. The highest BCUT2D eigenvalue weighted by atomic mass is 19.4. The first-order valence-electron chi connectivity index (χ1n) is 9.32. The van der Waals surface area contributed by atoms with Crippen molar-refractivity contribution in [2.24, 2.45) is 5.41 Å². The molecule has 0 bridgehead atoms. The van der Waals surface area contributed by atoms with E-state index >= 15 is 0 Å². The third-order valence-corrected chi connectivity index (χ3v) is 5.67. The molecule has 1 amide bonds. The van der Waals surface area contributed by atoms with Gasteiger partial charge in [0.05, 0.1) is 5.56 Å². The Morgan fingerprint density at radius 2 is 1.93 bits per heavy atom. The van der Waals surface area contributed by atoms with E-state index in [2.05, 4.69) is 15.5 Å². The number of alkyl halides is 3. The molecule has 9 heteroatoms. The van der Waals surface area contributed by atoms with Crippen molar-refractivity contribution in [3.63, 3.8) is 0 Å². The van der Waals surface area contributed by atoms with Crippen LogP contribution in [0.4, 0.5) is 19.2 Å². The molecule has 2 fully saturated rings. The summed E-state index contributed by atoms with van der Waals surface area (Å²) in [6.07, 6.45) is 0.176. The molecule has 2 heterocycles. The molecule has 6 nitrogen and oxygen atoms in total. The number of anilines is 1. The molecule has 1 aliphatic carbocycles. The molecule has 1 unspecified atom stereocenters. The van der Waals surface area contributed by atoms with Gasteiger partial charge in [0, 0.05) is 18.7 Å². The van der Waals surface area contributed by atoms with Gasteiger partial charge in [-0.2, -0.15) is 13.2 Å². The van der Waals surface area contributed by atoms with Gasteiger partial charge in [-0.05, 0) is 56.2 Å². The summed E-state index contributed by atoms with van der Waals surface area (Å²) in [5.74, 6) is -0.0868. The number of carbonyl (C=O) groups excluding carboxylic acids is 1. The molecule has 0 radical (unpaired) electrons. The van der Waals surface area contributed by atoms with E-state index in [1.54, 1.807) is 6.92 Å². The number of likely N-dealkylation sites (tertiary alicyclic amines) is 1. The lowest BCUT2D eigenvalue weighted by atomic mass is 9.93. The predicted octanol–water partition coefficient (Wildman–Crippen LogP) is 3.96. The summed E-state index contributed by atoms with van der Waals surface area (Å²) >= 11 is 0. The fraction of sp³-hybridized carbons (Fsp3) is 0.526. The van der Waals surface area contributed by atoms with Crippen LogP contribution in [0.15, 0.2) is 28.7 Å². The third-order valence-electron chi connectivity index (χ3n) is 5.67. The van der Waals surface area contributed by atoms with Gasteiger partial charge in [-0.3, -0.25) is 4.79 Å². The van der Waals surface area contributed by atoms with Crippen LogP contribution in [0, 0.1) is 5.41 Å². The fourth-order valence-corrected chi connectivity index (χ4v) is 3.63. The van der Waals surface area contributed by atoms with E-state index in [9.17, 15) is 18.0 Å². The molecule has 1 N–H and O–H groups in total. The standard InChI is InChI=1S/C19H21F3N4O2/c1-12(16(27)26-9-7-18(5-6-18)8-10-26)23-17-25-24-15(28-17)13-3-2-4-14(11-13)19(20,21)22/h2-4,11-12H,5-10H2,1H3,(H,23,25). The molecule has 4 rings (SSSR count). The number of nitrogens with zero attached hydrogens (tertiary/aromatic N) is 3. The number of piperidine rings is 1. The Hall–Kier alpha value is -2.58. The van der Waals surface area contributed by atoms with Gasteiger partial charge < -0.3 is 14.6 Å². The number of rotatable bonds is 4. The minimum Gasteiger partial charge on any atom is -0.403 e. The number of hydrogen-bond acceptors (Lipinski definition) is 5. The number of nitrogens with one attached hydrogen (secondary N) is 1. The average Bonchev–Trinajstić information content (AvgIpc) is 3.25. The van der Waals surface area contributed by atoms with Gasteiger partial charge in [0.1, 0.15) is 6.04 Å². The summed E-state index contributed by atoms with van der Waals surface area (Å²) in [7, 11) is 0. The maximum absolute atomic E-state index is 12.9. The Kier molecular flexibility index (Phi) is 4.55. The lowest BCUT2D eigenvalue weighted by Gasteiger charge is -2.33. The molecule has 150 valence electrons. The maximum atomic E-state index is 12.9. The Morgan fingerprint density at radius 3 is 2.57 bits per heavy atom. The average molecular weight is 394 g/mol. The van der Waals surface area contributed by atoms with Crippen LogP contribution in [0.3, 0.4) is 0 Å². The first-order chi connectivity index (χ1) is 13.3. The highest BCUT2D eigenvalue weighted by molar-refractivity contribution is 5.83. The van der Waals surface area contributed by atoms with Crippen LogP contribution in [-0.4, -0.2) is 40.1 Å². The molecular formula is C19H21F3N4O2. The molecule has 1 saturated heterocycles. The van der Waals surface area contributed by atoms with E-state index in [1.807, 2.05) is 4.90 Å². The van der Waals surface area contributed by atoms with Crippen molar-refractivity contribution in [3.8, 4) is 11.5 Å². The van der Waals surface area contributed by atoms with Gasteiger partial charge in [-0.25, -0.2) is 0 Å². The molecule has 28 heavy (non-hydrogen) atoms. The van der Waals surface area contributed by atoms with Gasteiger partial charge >= 0.3 is 12.2 Å². The highest BCUT2D eigenvalue weighted by Gasteiger charge is 2.45. The zero-order valence-electron chi connectivity index (χ0n) is 15.4. The van der Waals surface area contributed by atoms with Crippen molar-refractivity contribution in [1.82, 2.24) is 15.1 Å². The van der Waals surface area contributed by atoms with Gasteiger partial charge in [0.2, 0.25) is 11.8 Å². The first kappa shape index (κ1) is 18.8. The quantitative estimate of drug-likeness (QED) is 0.850. The van der Waals surface area contributed by atoms with Crippen molar-refractivity contribution < 1.29 is 22.4 Å². The molecule has 1 atom stereocenters. The lowest BCUT2D eigenvalue weighted by molar-refractivity contribution is -0.137. The number of aromatic nitrogens is 2. The van der Waals surface area contributed by atoms with Crippen molar-refractivity contribution in [3.05, 3.63) is 29.8 Å². The molecule has 1 aliphatic heterocycles.